The lowest BCUT2D eigenvalue weighted by atomic mass is 10.4. The number of thioether (sulfide) groups is 1. The van der Waals surface area contributed by atoms with Gasteiger partial charge in [-0.1, -0.05) is 0 Å². The van der Waals surface area contributed by atoms with Crippen molar-refractivity contribution >= 4 is 17.7 Å². The highest BCUT2D eigenvalue weighted by Crippen LogP contribution is 2.14. The van der Waals surface area contributed by atoms with Crippen LogP contribution in [0.3, 0.4) is 0 Å². The number of carbonyl (C=O) groups excluding carboxylic acids is 1. The zero-order valence-electron chi connectivity index (χ0n) is 5.92. The maximum atomic E-state index is 10.9. The van der Waals surface area contributed by atoms with Crippen molar-refractivity contribution in [1.29, 1.82) is 0 Å². The van der Waals surface area contributed by atoms with Gasteiger partial charge in [-0.15, -0.1) is 11.8 Å². The van der Waals surface area contributed by atoms with Crippen molar-refractivity contribution in [3.63, 3.8) is 0 Å². The summed E-state index contributed by atoms with van der Waals surface area (Å²) < 4.78 is 4.57. The standard InChI is InChI=1S/C6H11NO2S/c1-9-6(8)5-7-3-2-4-10-5/h5,7H,2-4H2,1H3. The molecule has 3 nitrogen and oxygen atoms in total. The van der Waals surface area contributed by atoms with Crippen LogP contribution in [0.25, 0.3) is 0 Å². The predicted molar refractivity (Wildman–Crippen MR) is 40.9 cm³/mol. The van der Waals surface area contributed by atoms with Crippen LogP contribution in [-0.2, 0) is 9.53 Å². The Morgan fingerprint density at radius 2 is 2.60 bits per heavy atom. The van der Waals surface area contributed by atoms with Crippen LogP contribution in [0.2, 0.25) is 0 Å². The van der Waals surface area contributed by atoms with E-state index in [-0.39, 0.29) is 11.3 Å². The number of hydrogen-bond donors (Lipinski definition) is 1. The molecule has 1 rings (SSSR count). The molecular weight excluding hydrogens is 150 g/mol. The molecule has 1 unspecified atom stereocenters. The summed E-state index contributed by atoms with van der Waals surface area (Å²) >= 11 is 1.61. The Morgan fingerprint density at radius 1 is 1.80 bits per heavy atom. The average Bonchev–Trinajstić information content (AvgIpc) is 2.05. The van der Waals surface area contributed by atoms with E-state index in [1.165, 1.54) is 7.11 Å². The Morgan fingerprint density at radius 3 is 3.10 bits per heavy atom. The molecule has 0 amide bonds. The molecule has 0 bridgehead atoms. The molecule has 1 N–H and O–H groups in total. The molecule has 0 aromatic heterocycles. The van der Waals surface area contributed by atoms with E-state index in [4.69, 9.17) is 0 Å². The number of ether oxygens (including phenoxy) is 1. The Labute approximate surface area is 64.5 Å². The van der Waals surface area contributed by atoms with Crippen LogP contribution >= 0.6 is 11.8 Å². The minimum absolute atomic E-state index is 0.126. The second kappa shape index (κ2) is 3.83. The Balaban J connectivity index is 2.31. The lowest BCUT2D eigenvalue weighted by molar-refractivity contribution is -0.140. The van der Waals surface area contributed by atoms with E-state index in [1.807, 2.05) is 0 Å². The fourth-order valence-electron chi connectivity index (χ4n) is 0.824. The predicted octanol–water partition coefficient (Wildman–Crippen LogP) is 0.212. The van der Waals surface area contributed by atoms with Gasteiger partial charge in [0.25, 0.3) is 0 Å². The van der Waals surface area contributed by atoms with E-state index < -0.39 is 0 Å². The molecule has 0 spiro atoms. The molecule has 1 saturated heterocycles. The van der Waals surface area contributed by atoms with Crippen molar-refractivity contribution in [2.24, 2.45) is 0 Å². The minimum Gasteiger partial charge on any atom is -0.467 e. The van der Waals surface area contributed by atoms with Gasteiger partial charge in [-0.05, 0) is 18.7 Å². The van der Waals surface area contributed by atoms with Gasteiger partial charge in [0, 0.05) is 0 Å². The van der Waals surface area contributed by atoms with Crippen LogP contribution in [0.4, 0.5) is 0 Å². The van der Waals surface area contributed by atoms with Gasteiger partial charge >= 0.3 is 5.97 Å². The molecule has 1 fully saturated rings. The SMILES string of the molecule is COC(=O)C1NCCCS1. The number of hydrogen-bond acceptors (Lipinski definition) is 4. The molecular formula is C6H11NO2S. The van der Waals surface area contributed by atoms with Gasteiger partial charge in [0.2, 0.25) is 0 Å². The highest BCUT2D eigenvalue weighted by molar-refractivity contribution is 8.00. The third kappa shape index (κ3) is 1.88. The van der Waals surface area contributed by atoms with E-state index in [2.05, 4.69) is 10.1 Å². The fourth-order valence-corrected chi connectivity index (χ4v) is 1.84. The molecule has 0 radical (unpaired) electrons. The van der Waals surface area contributed by atoms with Gasteiger partial charge < -0.3 is 4.74 Å². The topological polar surface area (TPSA) is 38.3 Å². The molecule has 1 heterocycles. The molecule has 1 atom stereocenters. The summed E-state index contributed by atoms with van der Waals surface area (Å²) in [7, 11) is 1.42. The first-order valence-corrected chi connectivity index (χ1v) is 4.32. The first-order chi connectivity index (χ1) is 4.84. The molecule has 0 aliphatic carbocycles. The number of nitrogens with one attached hydrogen (secondary N) is 1. The van der Waals surface area contributed by atoms with Gasteiger partial charge in [-0.25, -0.2) is 4.79 Å². The number of carbonyl (C=O) groups is 1. The molecule has 4 heteroatoms. The normalized spacial score (nSPS) is 25.9. The van der Waals surface area contributed by atoms with Gasteiger partial charge in [-0.3, -0.25) is 5.32 Å². The van der Waals surface area contributed by atoms with E-state index >= 15 is 0 Å². The molecule has 0 saturated carbocycles. The Hall–Kier alpha value is -0.220. The van der Waals surface area contributed by atoms with E-state index in [0.29, 0.717) is 0 Å². The summed E-state index contributed by atoms with van der Waals surface area (Å²) in [4.78, 5) is 10.9. The highest BCUT2D eigenvalue weighted by atomic mass is 32.2. The monoisotopic (exact) mass is 161 g/mol. The quantitative estimate of drug-likeness (QED) is 0.558. The highest BCUT2D eigenvalue weighted by Gasteiger charge is 2.20. The van der Waals surface area contributed by atoms with Crippen molar-refractivity contribution < 1.29 is 9.53 Å². The third-order valence-corrected chi connectivity index (χ3v) is 2.57. The lowest BCUT2D eigenvalue weighted by Gasteiger charge is -2.19. The summed E-state index contributed by atoms with van der Waals surface area (Å²) in [5.74, 6) is 0.886. The molecule has 10 heavy (non-hydrogen) atoms. The maximum absolute atomic E-state index is 10.9. The van der Waals surface area contributed by atoms with Crippen LogP contribution in [0.5, 0.6) is 0 Å². The first kappa shape index (κ1) is 7.88. The first-order valence-electron chi connectivity index (χ1n) is 3.27. The van der Waals surface area contributed by atoms with Crippen LogP contribution in [0.1, 0.15) is 6.42 Å². The van der Waals surface area contributed by atoms with Crippen LogP contribution < -0.4 is 5.32 Å². The van der Waals surface area contributed by atoms with E-state index in [0.717, 1.165) is 18.7 Å². The lowest BCUT2D eigenvalue weighted by Crippen LogP contribution is -2.38. The molecule has 0 aromatic carbocycles. The van der Waals surface area contributed by atoms with Crippen molar-refractivity contribution in [2.75, 3.05) is 19.4 Å². The van der Waals surface area contributed by atoms with Gasteiger partial charge in [0.05, 0.1) is 7.11 Å². The van der Waals surface area contributed by atoms with E-state index in [1.54, 1.807) is 11.8 Å². The third-order valence-electron chi connectivity index (χ3n) is 1.35. The van der Waals surface area contributed by atoms with Crippen molar-refractivity contribution in [3.05, 3.63) is 0 Å². The summed E-state index contributed by atoms with van der Waals surface area (Å²) in [6.07, 6.45) is 1.14. The summed E-state index contributed by atoms with van der Waals surface area (Å²) in [5, 5.41) is 2.93. The van der Waals surface area contributed by atoms with Crippen LogP contribution in [-0.4, -0.2) is 30.8 Å². The summed E-state index contributed by atoms with van der Waals surface area (Å²) in [6, 6.07) is 0. The number of rotatable bonds is 1. The average molecular weight is 161 g/mol. The second-order valence-electron chi connectivity index (χ2n) is 2.08. The van der Waals surface area contributed by atoms with Gasteiger partial charge in [0.1, 0.15) is 0 Å². The maximum Gasteiger partial charge on any atom is 0.333 e. The zero-order valence-corrected chi connectivity index (χ0v) is 6.74. The van der Waals surface area contributed by atoms with Gasteiger partial charge in [-0.2, -0.15) is 0 Å². The van der Waals surface area contributed by atoms with Crippen LogP contribution in [0.15, 0.2) is 0 Å². The zero-order chi connectivity index (χ0) is 7.40. The summed E-state index contributed by atoms with van der Waals surface area (Å²) in [5.41, 5.74) is 0. The fraction of sp³-hybridized carbons (Fsp3) is 0.833. The van der Waals surface area contributed by atoms with Crippen molar-refractivity contribution in [3.8, 4) is 0 Å². The molecule has 58 valence electrons. The molecule has 1 aliphatic heterocycles. The number of esters is 1. The second-order valence-corrected chi connectivity index (χ2v) is 3.29. The van der Waals surface area contributed by atoms with Crippen molar-refractivity contribution in [2.45, 2.75) is 11.8 Å². The number of methoxy groups -OCH3 is 1. The largest absolute Gasteiger partial charge is 0.467 e. The molecule has 1 aliphatic rings. The smallest absolute Gasteiger partial charge is 0.333 e. The van der Waals surface area contributed by atoms with Crippen molar-refractivity contribution in [1.82, 2.24) is 5.32 Å². The van der Waals surface area contributed by atoms with Crippen LogP contribution in [0, 0.1) is 0 Å². The minimum atomic E-state index is -0.162. The van der Waals surface area contributed by atoms with Gasteiger partial charge in [0.15, 0.2) is 5.37 Å². The summed E-state index contributed by atoms with van der Waals surface area (Å²) in [6.45, 7) is 0.923. The molecule has 0 aromatic rings. The van der Waals surface area contributed by atoms with E-state index in [9.17, 15) is 4.79 Å². The Bertz CT molecular complexity index is 123. The Kier molecular flexibility index (Phi) is 3.02.